The number of hydrogen-bond acceptors (Lipinski definition) is 1. The van der Waals surface area contributed by atoms with E-state index in [0.29, 0.717) is 5.41 Å². The Hall–Kier alpha value is -0.0400. The van der Waals surface area contributed by atoms with Crippen LogP contribution >= 0.6 is 0 Å². The Morgan fingerprint density at radius 1 is 1.33 bits per heavy atom. The molecule has 3 rings (SSSR count). The van der Waals surface area contributed by atoms with Gasteiger partial charge < -0.3 is 4.90 Å². The average molecular weight is 165 g/mol. The molecule has 2 unspecified atom stereocenters. The first kappa shape index (κ1) is 7.37. The van der Waals surface area contributed by atoms with Crippen LogP contribution < -0.4 is 0 Å². The van der Waals surface area contributed by atoms with Crippen LogP contribution in [-0.4, -0.2) is 25.0 Å². The third-order valence-corrected chi connectivity index (χ3v) is 4.76. The van der Waals surface area contributed by atoms with E-state index in [-0.39, 0.29) is 0 Å². The molecule has 1 nitrogen and oxygen atoms in total. The minimum Gasteiger partial charge on any atom is -0.306 e. The maximum Gasteiger partial charge on any atom is 0.00357 e. The Bertz CT molecular complexity index is 213. The molecular formula is C11H19N. The minimum atomic E-state index is 0.709. The van der Waals surface area contributed by atoms with Crippen molar-refractivity contribution < 1.29 is 0 Å². The summed E-state index contributed by atoms with van der Waals surface area (Å²) in [5, 5.41) is 0. The highest BCUT2D eigenvalue weighted by Crippen LogP contribution is 2.61. The summed E-state index contributed by atoms with van der Waals surface area (Å²) < 4.78 is 0. The largest absolute Gasteiger partial charge is 0.306 e. The van der Waals surface area contributed by atoms with E-state index in [2.05, 4.69) is 18.9 Å². The van der Waals surface area contributed by atoms with Crippen LogP contribution in [0.2, 0.25) is 0 Å². The molecule has 0 aromatic rings. The quantitative estimate of drug-likeness (QED) is 0.530. The van der Waals surface area contributed by atoms with Crippen molar-refractivity contribution in [2.45, 2.75) is 26.2 Å². The lowest BCUT2D eigenvalue weighted by atomic mass is 9.72. The summed E-state index contributed by atoms with van der Waals surface area (Å²) >= 11 is 0. The van der Waals surface area contributed by atoms with Crippen molar-refractivity contribution >= 4 is 0 Å². The van der Waals surface area contributed by atoms with Gasteiger partial charge in [0.05, 0.1) is 0 Å². The number of likely N-dealkylation sites (tertiary alicyclic amines) is 1. The highest BCUT2D eigenvalue weighted by atomic mass is 15.1. The van der Waals surface area contributed by atoms with Gasteiger partial charge in [-0.25, -0.2) is 0 Å². The van der Waals surface area contributed by atoms with Gasteiger partial charge in [0.25, 0.3) is 0 Å². The molecule has 1 saturated heterocycles. The Labute approximate surface area is 75.1 Å². The summed E-state index contributed by atoms with van der Waals surface area (Å²) in [6.07, 6.45) is 4.62. The van der Waals surface area contributed by atoms with Crippen LogP contribution in [0.1, 0.15) is 26.2 Å². The summed E-state index contributed by atoms with van der Waals surface area (Å²) in [7, 11) is 2.29. The van der Waals surface area contributed by atoms with E-state index >= 15 is 0 Å². The van der Waals surface area contributed by atoms with Gasteiger partial charge in [0.2, 0.25) is 0 Å². The van der Waals surface area contributed by atoms with Gasteiger partial charge in [0, 0.05) is 13.1 Å². The zero-order valence-electron chi connectivity index (χ0n) is 8.21. The Morgan fingerprint density at radius 2 is 2.17 bits per heavy atom. The first-order valence-corrected chi connectivity index (χ1v) is 5.38. The SMILES string of the molecule is CN1C[C@@H]2C3CCC3C[C@]2(C)C1. The van der Waals surface area contributed by atoms with Gasteiger partial charge in [-0.3, -0.25) is 0 Å². The number of fused-ring (bicyclic) bond motifs is 3. The normalized spacial score (nSPS) is 58.0. The molecule has 0 N–H and O–H groups in total. The summed E-state index contributed by atoms with van der Waals surface area (Å²) in [4.78, 5) is 2.54. The topological polar surface area (TPSA) is 3.24 Å². The first-order valence-electron chi connectivity index (χ1n) is 5.38. The van der Waals surface area contributed by atoms with Gasteiger partial charge in [0.15, 0.2) is 0 Å². The van der Waals surface area contributed by atoms with Gasteiger partial charge in [-0.05, 0) is 49.5 Å². The predicted molar refractivity (Wildman–Crippen MR) is 49.9 cm³/mol. The third-order valence-electron chi connectivity index (χ3n) is 4.76. The second-order valence-corrected chi connectivity index (χ2v) is 5.66. The number of hydrogen-bond donors (Lipinski definition) is 0. The highest BCUT2D eigenvalue weighted by molar-refractivity contribution is 5.07. The van der Waals surface area contributed by atoms with Gasteiger partial charge >= 0.3 is 0 Å². The zero-order valence-corrected chi connectivity index (χ0v) is 8.21. The molecule has 3 aliphatic rings. The number of rotatable bonds is 0. The molecule has 4 atom stereocenters. The van der Waals surface area contributed by atoms with Crippen molar-refractivity contribution in [1.29, 1.82) is 0 Å². The fourth-order valence-corrected chi connectivity index (χ4v) is 4.20. The summed E-state index contributed by atoms with van der Waals surface area (Å²) in [5.41, 5.74) is 0.709. The van der Waals surface area contributed by atoms with Crippen molar-refractivity contribution in [3.63, 3.8) is 0 Å². The van der Waals surface area contributed by atoms with Crippen LogP contribution in [0.5, 0.6) is 0 Å². The maximum atomic E-state index is 2.54. The molecule has 1 heterocycles. The van der Waals surface area contributed by atoms with E-state index in [4.69, 9.17) is 0 Å². The second kappa shape index (κ2) is 2.06. The van der Waals surface area contributed by atoms with Crippen molar-refractivity contribution in [2.75, 3.05) is 20.1 Å². The van der Waals surface area contributed by atoms with E-state index in [1.807, 2.05) is 0 Å². The predicted octanol–water partition coefficient (Wildman–Crippen LogP) is 1.98. The van der Waals surface area contributed by atoms with Crippen LogP contribution in [0, 0.1) is 23.2 Å². The van der Waals surface area contributed by atoms with E-state index in [9.17, 15) is 0 Å². The fraction of sp³-hybridized carbons (Fsp3) is 1.00. The van der Waals surface area contributed by atoms with Crippen LogP contribution in [0.15, 0.2) is 0 Å². The molecule has 68 valence electrons. The molecule has 0 radical (unpaired) electrons. The van der Waals surface area contributed by atoms with Crippen molar-refractivity contribution in [1.82, 2.24) is 4.90 Å². The third kappa shape index (κ3) is 0.736. The van der Waals surface area contributed by atoms with E-state index in [1.54, 1.807) is 12.8 Å². The first-order chi connectivity index (χ1) is 5.69. The van der Waals surface area contributed by atoms with E-state index in [0.717, 1.165) is 17.8 Å². The van der Waals surface area contributed by atoms with E-state index in [1.165, 1.54) is 19.5 Å². The standard InChI is InChI=1S/C11H19N/c1-11-5-8-3-4-9(8)10(11)6-12(2)7-11/h8-10H,3-7H2,1-2H3/t8?,9?,10-,11-/m1/s1. The minimum absolute atomic E-state index is 0.709. The Morgan fingerprint density at radius 3 is 2.83 bits per heavy atom. The lowest BCUT2D eigenvalue weighted by molar-refractivity contribution is 0.158. The van der Waals surface area contributed by atoms with Crippen LogP contribution in [0.25, 0.3) is 0 Å². The molecule has 0 aromatic carbocycles. The van der Waals surface area contributed by atoms with Crippen LogP contribution in [0.4, 0.5) is 0 Å². The molecule has 0 spiro atoms. The fourth-order valence-electron chi connectivity index (χ4n) is 4.20. The van der Waals surface area contributed by atoms with Gasteiger partial charge in [-0.15, -0.1) is 0 Å². The molecular weight excluding hydrogens is 146 g/mol. The summed E-state index contributed by atoms with van der Waals surface area (Å²) in [6, 6.07) is 0. The van der Waals surface area contributed by atoms with Crippen molar-refractivity contribution in [3.8, 4) is 0 Å². The molecule has 0 bridgehead atoms. The molecule has 0 amide bonds. The van der Waals surface area contributed by atoms with E-state index < -0.39 is 0 Å². The maximum absolute atomic E-state index is 2.54. The smallest absolute Gasteiger partial charge is 0.00357 e. The lowest BCUT2D eigenvalue weighted by Gasteiger charge is -2.34. The van der Waals surface area contributed by atoms with Gasteiger partial charge in [-0.1, -0.05) is 6.92 Å². The van der Waals surface area contributed by atoms with Gasteiger partial charge in [0.1, 0.15) is 0 Å². The molecule has 0 aromatic heterocycles. The average Bonchev–Trinajstić information content (AvgIpc) is 2.28. The van der Waals surface area contributed by atoms with Crippen LogP contribution in [0.3, 0.4) is 0 Å². The molecule has 1 aliphatic heterocycles. The summed E-state index contributed by atoms with van der Waals surface area (Å²) in [5.74, 6) is 3.31. The Balaban J connectivity index is 1.89. The zero-order chi connectivity index (χ0) is 8.34. The summed E-state index contributed by atoms with van der Waals surface area (Å²) in [6.45, 7) is 5.28. The van der Waals surface area contributed by atoms with Crippen LogP contribution in [-0.2, 0) is 0 Å². The monoisotopic (exact) mass is 165 g/mol. The highest BCUT2D eigenvalue weighted by Gasteiger charge is 2.57. The van der Waals surface area contributed by atoms with Crippen molar-refractivity contribution in [3.05, 3.63) is 0 Å². The molecule has 2 saturated carbocycles. The molecule has 1 heteroatoms. The van der Waals surface area contributed by atoms with Gasteiger partial charge in [-0.2, -0.15) is 0 Å². The Kier molecular flexibility index (Phi) is 1.27. The molecule has 3 fully saturated rings. The molecule has 2 aliphatic carbocycles. The molecule has 12 heavy (non-hydrogen) atoms. The lowest BCUT2D eigenvalue weighted by Crippen LogP contribution is -2.29. The number of nitrogens with zero attached hydrogens (tertiary/aromatic N) is 1. The second-order valence-electron chi connectivity index (χ2n) is 5.66. The van der Waals surface area contributed by atoms with Crippen molar-refractivity contribution in [2.24, 2.45) is 23.2 Å².